The summed E-state index contributed by atoms with van der Waals surface area (Å²) in [4.78, 5) is 8.96. The molecule has 0 saturated carbocycles. The zero-order valence-electron chi connectivity index (χ0n) is 17.2. The number of aromatic nitrogens is 1. The molecule has 10 heteroatoms. The van der Waals surface area contributed by atoms with E-state index < -0.39 is 21.4 Å². The van der Waals surface area contributed by atoms with E-state index in [4.69, 9.17) is 5.73 Å². The number of fused-ring (bicyclic) bond motifs is 1. The predicted octanol–water partition coefficient (Wildman–Crippen LogP) is 4.64. The maximum Gasteiger partial charge on any atom is 0.239 e. The Bertz CT molecular complexity index is 1460. The summed E-state index contributed by atoms with van der Waals surface area (Å²) in [6.07, 6.45) is 1.77. The third-order valence-electron chi connectivity index (χ3n) is 5.58. The van der Waals surface area contributed by atoms with Crippen LogP contribution in [0.5, 0.6) is 0 Å². The highest BCUT2D eigenvalue weighted by Gasteiger charge is 2.43. The second kappa shape index (κ2) is 7.36. The van der Waals surface area contributed by atoms with E-state index in [1.165, 1.54) is 18.4 Å². The van der Waals surface area contributed by atoms with Crippen molar-refractivity contribution in [1.82, 2.24) is 9.29 Å². The van der Waals surface area contributed by atoms with Crippen molar-refractivity contribution in [3.05, 3.63) is 64.7 Å². The van der Waals surface area contributed by atoms with Crippen LogP contribution in [-0.4, -0.2) is 36.5 Å². The number of hydrogen-bond donors (Lipinski definition) is 1. The van der Waals surface area contributed by atoms with E-state index in [0.29, 0.717) is 5.39 Å². The fourth-order valence-electron chi connectivity index (χ4n) is 3.89. The highest BCUT2D eigenvalue weighted by molar-refractivity contribution is 7.89. The molecule has 2 aromatic heterocycles. The number of rotatable bonds is 3. The van der Waals surface area contributed by atoms with Crippen LogP contribution >= 0.6 is 22.7 Å². The molecule has 1 unspecified atom stereocenters. The number of halogens is 1. The molecule has 5 rings (SSSR count). The van der Waals surface area contributed by atoms with Gasteiger partial charge in [-0.25, -0.2) is 27.1 Å². The maximum absolute atomic E-state index is 15.6. The topological polar surface area (TPSA) is 88.7 Å². The quantitative estimate of drug-likeness (QED) is 0.457. The number of nitrogens with zero attached hydrogens (tertiary/aromatic N) is 3. The Kier molecular flexibility index (Phi) is 4.84. The summed E-state index contributed by atoms with van der Waals surface area (Å²) < 4.78 is 42.4. The molecule has 2 aromatic carbocycles. The molecule has 0 amide bonds. The van der Waals surface area contributed by atoms with Gasteiger partial charge in [0, 0.05) is 34.3 Å². The van der Waals surface area contributed by atoms with Crippen molar-refractivity contribution in [2.24, 2.45) is 10.7 Å². The summed E-state index contributed by atoms with van der Waals surface area (Å²) in [5.41, 5.74) is 7.39. The standard InChI is InChI=1S/C22H19FN4O2S3/c1-22(12-32(28,29)27(2)21(24)26-22)19-17(23)16-5-3-4-15(18(16)31-19)13-6-8-14(9-7-13)20-25-10-11-30-20/h3-11H,12H2,1-2H3,(H2,24,26). The molecule has 4 aromatic rings. The molecule has 0 saturated heterocycles. The van der Waals surface area contributed by atoms with Crippen LogP contribution in [0.15, 0.2) is 59.0 Å². The smallest absolute Gasteiger partial charge is 0.239 e. The second-order valence-electron chi connectivity index (χ2n) is 7.81. The summed E-state index contributed by atoms with van der Waals surface area (Å²) in [5, 5.41) is 3.31. The Hall–Kier alpha value is -2.82. The zero-order chi connectivity index (χ0) is 22.7. The number of hydrogen-bond acceptors (Lipinski definition) is 7. The van der Waals surface area contributed by atoms with Gasteiger partial charge in [-0.3, -0.25) is 0 Å². The lowest BCUT2D eigenvalue weighted by Crippen LogP contribution is -2.50. The first-order chi connectivity index (χ1) is 15.2. The van der Waals surface area contributed by atoms with E-state index in [0.717, 1.165) is 30.7 Å². The lowest BCUT2D eigenvalue weighted by Gasteiger charge is -2.33. The minimum absolute atomic E-state index is 0.145. The molecular weight excluding hydrogens is 467 g/mol. The van der Waals surface area contributed by atoms with Crippen LogP contribution in [0.1, 0.15) is 11.8 Å². The Morgan fingerprint density at radius 2 is 1.88 bits per heavy atom. The van der Waals surface area contributed by atoms with E-state index in [1.807, 2.05) is 35.7 Å². The lowest BCUT2D eigenvalue weighted by atomic mass is 10.00. The second-order valence-corrected chi connectivity index (χ2v) is 11.7. The third-order valence-corrected chi connectivity index (χ3v) is 9.82. The summed E-state index contributed by atoms with van der Waals surface area (Å²) in [6.45, 7) is 1.61. The van der Waals surface area contributed by atoms with Gasteiger partial charge in [0.05, 0.1) is 10.6 Å². The molecule has 2 N–H and O–H groups in total. The van der Waals surface area contributed by atoms with Crippen molar-refractivity contribution < 1.29 is 12.8 Å². The fourth-order valence-corrected chi connectivity index (χ4v) is 7.37. The summed E-state index contributed by atoms with van der Waals surface area (Å²) in [5.74, 6) is -0.947. The van der Waals surface area contributed by atoms with E-state index in [9.17, 15) is 8.42 Å². The summed E-state index contributed by atoms with van der Waals surface area (Å²) in [7, 11) is -2.35. The highest BCUT2D eigenvalue weighted by atomic mass is 32.2. The Labute approximate surface area is 192 Å². The van der Waals surface area contributed by atoms with Gasteiger partial charge in [-0.05, 0) is 18.1 Å². The van der Waals surface area contributed by atoms with Crippen LogP contribution in [0.4, 0.5) is 4.39 Å². The molecule has 3 heterocycles. The summed E-state index contributed by atoms with van der Waals surface area (Å²) >= 11 is 2.79. The average Bonchev–Trinajstić information content (AvgIpc) is 3.41. The molecule has 6 nitrogen and oxygen atoms in total. The van der Waals surface area contributed by atoms with E-state index in [-0.39, 0.29) is 16.6 Å². The number of benzene rings is 2. The number of thiophene rings is 1. The van der Waals surface area contributed by atoms with Gasteiger partial charge in [-0.15, -0.1) is 22.7 Å². The molecule has 32 heavy (non-hydrogen) atoms. The number of guanidine groups is 1. The molecule has 0 spiro atoms. The van der Waals surface area contributed by atoms with Crippen LogP contribution in [0.25, 0.3) is 31.8 Å². The van der Waals surface area contributed by atoms with E-state index >= 15 is 4.39 Å². The highest BCUT2D eigenvalue weighted by Crippen LogP contribution is 2.44. The van der Waals surface area contributed by atoms with Crippen LogP contribution in [0, 0.1) is 5.82 Å². The number of nitrogens with two attached hydrogens (primary N) is 1. The van der Waals surface area contributed by atoms with Crippen molar-refractivity contribution in [2.45, 2.75) is 12.5 Å². The molecule has 1 aliphatic rings. The monoisotopic (exact) mass is 486 g/mol. The first kappa shape index (κ1) is 21.0. The van der Waals surface area contributed by atoms with Crippen LogP contribution in [0.3, 0.4) is 0 Å². The van der Waals surface area contributed by atoms with Crippen molar-refractivity contribution in [3.63, 3.8) is 0 Å². The first-order valence-electron chi connectivity index (χ1n) is 9.73. The fraction of sp³-hybridized carbons (Fsp3) is 0.182. The molecule has 164 valence electrons. The minimum atomic E-state index is -3.70. The largest absolute Gasteiger partial charge is 0.369 e. The Morgan fingerprint density at radius 3 is 2.53 bits per heavy atom. The molecule has 1 aliphatic heterocycles. The van der Waals surface area contributed by atoms with Gasteiger partial charge in [-0.2, -0.15) is 0 Å². The molecule has 0 bridgehead atoms. The predicted molar refractivity (Wildman–Crippen MR) is 129 cm³/mol. The minimum Gasteiger partial charge on any atom is -0.369 e. The SMILES string of the molecule is CN1C(N)=NC(C)(c2sc3c(-c4ccc(-c5nccs5)cc4)cccc3c2F)CS1(=O)=O. The molecule has 0 radical (unpaired) electrons. The maximum atomic E-state index is 15.6. The average molecular weight is 487 g/mol. The van der Waals surface area contributed by atoms with Crippen molar-refractivity contribution >= 4 is 48.7 Å². The van der Waals surface area contributed by atoms with Crippen LogP contribution in [0.2, 0.25) is 0 Å². The molecular formula is C22H19FN4O2S3. The van der Waals surface area contributed by atoms with Crippen molar-refractivity contribution in [3.8, 4) is 21.7 Å². The summed E-state index contributed by atoms with van der Waals surface area (Å²) in [6, 6.07) is 13.4. The van der Waals surface area contributed by atoms with Gasteiger partial charge in [0.15, 0.2) is 0 Å². The van der Waals surface area contributed by atoms with Gasteiger partial charge in [0.1, 0.15) is 16.4 Å². The van der Waals surface area contributed by atoms with Crippen molar-refractivity contribution in [1.29, 1.82) is 0 Å². The first-order valence-corrected chi connectivity index (χ1v) is 13.0. The zero-order valence-corrected chi connectivity index (χ0v) is 19.7. The van der Waals surface area contributed by atoms with E-state index in [1.54, 1.807) is 36.6 Å². The van der Waals surface area contributed by atoms with Gasteiger partial charge < -0.3 is 5.73 Å². The Balaban J connectivity index is 1.64. The molecule has 0 aliphatic carbocycles. The molecule has 1 atom stereocenters. The van der Waals surface area contributed by atoms with Gasteiger partial charge in [0.2, 0.25) is 16.0 Å². The number of sulfonamides is 1. The van der Waals surface area contributed by atoms with E-state index in [2.05, 4.69) is 9.98 Å². The van der Waals surface area contributed by atoms with Gasteiger partial charge >= 0.3 is 0 Å². The van der Waals surface area contributed by atoms with Crippen LogP contribution in [-0.2, 0) is 15.6 Å². The molecule has 0 fully saturated rings. The third kappa shape index (κ3) is 3.30. The lowest BCUT2D eigenvalue weighted by molar-refractivity contribution is 0.467. The number of thiazole rings is 1. The van der Waals surface area contributed by atoms with Crippen LogP contribution < -0.4 is 5.73 Å². The number of aliphatic imine (C=N–C) groups is 1. The van der Waals surface area contributed by atoms with Gasteiger partial charge in [-0.1, -0.05) is 42.5 Å². The van der Waals surface area contributed by atoms with Crippen molar-refractivity contribution in [2.75, 3.05) is 12.8 Å². The normalized spacial score (nSPS) is 20.5. The van der Waals surface area contributed by atoms with Gasteiger partial charge in [0.25, 0.3) is 0 Å². The Morgan fingerprint density at radius 1 is 1.16 bits per heavy atom.